The van der Waals surface area contributed by atoms with Crippen LogP contribution in [0.3, 0.4) is 0 Å². The summed E-state index contributed by atoms with van der Waals surface area (Å²) in [4.78, 5) is 10.6. The van der Waals surface area contributed by atoms with Crippen LogP contribution >= 0.6 is 0 Å². The lowest BCUT2D eigenvalue weighted by Gasteiger charge is -2.02. The highest BCUT2D eigenvalue weighted by atomic mass is 19.4. The molecule has 0 aliphatic carbocycles. The molecular formula is C12H7F3O2. The number of carbonyl (C=O) groups excluding carboxylic acids is 1. The number of furan rings is 1. The Kier molecular flexibility index (Phi) is 2.75. The Hall–Kier alpha value is -2.04. The second-order valence-electron chi connectivity index (χ2n) is 3.38. The van der Waals surface area contributed by atoms with Crippen LogP contribution in [0.1, 0.15) is 16.1 Å². The summed E-state index contributed by atoms with van der Waals surface area (Å²) in [6.45, 7) is 0. The molecule has 0 N–H and O–H groups in total. The van der Waals surface area contributed by atoms with Crippen LogP contribution < -0.4 is 0 Å². The van der Waals surface area contributed by atoms with Crippen molar-refractivity contribution in [1.29, 1.82) is 0 Å². The van der Waals surface area contributed by atoms with Gasteiger partial charge in [-0.25, -0.2) is 0 Å². The average molecular weight is 240 g/mol. The van der Waals surface area contributed by atoms with Crippen LogP contribution in [-0.4, -0.2) is 6.29 Å². The van der Waals surface area contributed by atoms with Gasteiger partial charge in [0.1, 0.15) is 5.76 Å². The van der Waals surface area contributed by atoms with Gasteiger partial charge in [0, 0.05) is 5.56 Å². The molecule has 2 rings (SSSR count). The molecule has 0 aliphatic rings. The SMILES string of the molecule is O=Cc1cc(-c2ccccc2)oc1C(F)(F)F. The summed E-state index contributed by atoms with van der Waals surface area (Å²) in [5.74, 6) is -1.23. The van der Waals surface area contributed by atoms with E-state index in [9.17, 15) is 18.0 Å². The van der Waals surface area contributed by atoms with Gasteiger partial charge in [-0.1, -0.05) is 30.3 Å². The van der Waals surface area contributed by atoms with Crippen LogP contribution in [0, 0.1) is 0 Å². The Morgan fingerprint density at radius 2 is 1.76 bits per heavy atom. The second-order valence-corrected chi connectivity index (χ2v) is 3.38. The molecule has 0 fully saturated rings. The number of rotatable bonds is 2. The molecule has 17 heavy (non-hydrogen) atoms. The monoisotopic (exact) mass is 240 g/mol. The van der Waals surface area contributed by atoms with Crippen molar-refractivity contribution in [2.45, 2.75) is 6.18 Å². The first-order valence-corrected chi connectivity index (χ1v) is 4.74. The highest BCUT2D eigenvalue weighted by Gasteiger charge is 2.38. The van der Waals surface area contributed by atoms with E-state index in [-0.39, 0.29) is 12.0 Å². The van der Waals surface area contributed by atoms with Crippen molar-refractivity contribution in [2.24, 2.45) is 0 Å². The quantitative estimate of drug-likeness (QED) is 0.748. The maximum absolute atomic E-state index is 12.5. The van der Waals surface area contributed by atoms with Crippen LogP contribution in [0.5, 0.6) is 0 Å². The van der Waals surface area contributed by atoms with Crippen LogP contribution in [0.15, 0.2) is 40.8 Å². The Morgan fingerprint density at radius 3 is 2.24 bits per heavy atom. The van der Waals surface area contributed by atoms with Crippen molar-refractivity contribution in [3.63, 3.8) is 0 Å². The molecule has 88 valence electrons. The van der Waals surface area contributed by atoms with E-state index in [4.69, 9.17) is 4.42 Å². The molecule has 0 bridgehead atoms. The number of hydrogen-bond acceptors (Lipinski definition) is 2. The third-order valence-electron chi connectivity index (χ3n) is 2.20. The van der Waals surface area contributed by atoms with Gasteiger partial charge < -0.3 is 4.42 Å². The Bertz CT molecular complexity index is 526. The molecule has 0 aliphatic heterocycles. The normalized spacial score (nSPS) is 11.5. The minimum Gasteiger partial charge on any atom is -0.451 e. The maximum Gasteiger partial charge on any atom is 0.450 e. The van der Waals surface area contributed by atoms with Crippen LogP contribution in [-0.2, 0) is 6.18 Å². The first kappa shape index (κ1) is 11.4. The summed E-state index contributed by atoms with van der Waals surface area (Å²) in [6.07, 6.45) is -4.53. The van der Waals surface area contributed by atoms with Gasteiger partial charge in [0.05, 0.1) is 5.56 Å². The predicted molar refractivity (Wildman–Crippen MR) is 54.5 cm³/mol. The molecule has 0 radical (unpaired) electrons. The fourth-order valence-electron chi connectivity index (χ4n) is 1.46. The summed E-state index contributed by atoms with van der Waals surface area (Å²) in [5.41, 5.74) is 0.00227. The smallest absolute Gasteiger partial charge is 0.450 e. The van der Waals surface area contributed by atoms with E-state index in [0.717, 1.165) is 6.07 Å². The highest BCUT2D eigenvalue weighted by molar-refractivity contribution is 5.79. The fourth-order valence-corrected chi connectivity index (χ4v) is 1.46. The second kappa shape index (κ2) is 4.08. The summed E-state index contributed by atoms with van der Waals surface area (Å²) < 4.78 is 42.2. The third kappa shape index (κ3) is 2.22. The minimum atomic E-state index is -4.66. The van der Waals surface area contributed by atoms with Gasteiger partial charge in [-0.2, -0.15) is 13.2 Å². The Labute approximate surface area is 94.7 Å². The zero-order valence-electron chi connectivity index (χ0n) is 8.49. The summed E-state index contributed by atoms with van der Waals surface area (Å²) in [7, 11) is 0. The van der Waals surface area contributed by atoms with Gasteiger partial charge >= 0.3 is 6.18 Å². The molecule has 5 heteroatoms. The van der Waals surface area contributed by atoms with Crippen molar-refractivity contribution in [1.82, 2.24) is 0 Å². The van der Waals surface area contributed by atoms with Crippen molar-refractivity contribution in [2.75, 3.05) is 0 Å². The zero-order chi connectivity index (χ0) is 12.5. The standard InChI is InChI=1S/C12H7F3O2/c13-12(14,15)11-9(7-16)6-10(17-11)8-4-2-1-3-5-8/h1-7H. The van der Waals surface area contributed by atoms with Gasteiger partial charge in [-0.05, 0) is 6.07 Å². The van der Waals surface area contributed by atoms with Crippen molar-refractivity contribution in [3.8, 4) is 11.3 Å². The van der Waals surface area contributed by atoms with E-state index in [1.165, 1.54) is 0 Å². The zero-order valence-corrected chi connectivity index (χ0v) is 8.49. The van der Waals surface area contributed by atoms with E-state index in [2.05, 4.69) is 0 Å². The van der Waals surface area contributed by atoms with E-state index in [1.54, 1.807) is 30.3 Å². The molecule has 2 nitrogen and oxygen atoms in total. The minimum absolute atomic E-state index is 0.0278. The van der Waals surface area contributed by atoms with Gasteiger partial charge in [-0.15, -0.1) is 0 Å². The summed E-state index contributed by atoms with van der Waals surface area (Å²) in [5, 5.41) is 0. The number of alkyl halides is 3. The molecule has 0 atom stereocenters. The lowest BCUT2D eigenvalue weighted by molar-refractivity contribution is -0.152. The molecule has 1 aromatic carbocycles. The fraction of sp³-hybridized carbons (Fsp3) is 0.0833. The van der Waals surface area contributed by atoms with E-state index >= 15 is 0 Å². The molecule has 0 saturated carbocycles. The number of benzene rings is 1. The summed E-state index contributed by atoms with van der Waals surface area (Å²) in [6, 6.07) is 9.38. The molecule has 0 spiro atoms. The van der Waals surface area contributed by atoms with Gasteiger partial charge in [-0.3, -0.25) is 4.79 Å². The van der Waals surface area contributed by atoms with Crippen LogP contribution in [0.2, 0.25) is 0 Å². The van der Waals surface area contributed by atoms with E-state index in [0.29, 0.717) is 5.56 Å². The van der Waals surface area contributed by atoms with Crippen molar-refractivity contribution < 1.29 is 22.4 Å². The topological polar surface area (TPSA) is 30.2 Å². The number of carbonyl (C=O) groups is 1. The number of halogens is 3. The number of hydrogen-bond donors (Lipinski definition) is 0. The Morgan fingerprint density at radius 1 is 1.12 bits per heavy atom. The summed E-state index contributed by atoms with van der Waals surface area (Å²) >= 11 is 0. The predicted octanol–water partition coefficient (Wildman–Crippen LogP) is 3.78. The molecule has 1 heterocycles. The van der Waals surface area contributed by atoms with Gasteiger partial charge in [0.15, 0.2) is 6.29 Å². The molecule has 0 unspecified atom stereocenters. The number of aldehydes is 1. The van der Waals surface area contributed by atoms with E-state index in [1.807, 2.05) is 0 Å². The average Bonchev–Trinajstić information content (AvgIpc) is 2.74. The first-order valence-electron chi connectivity index (χ1n) is 4.74. The lowest BCUT2D eigenvalue weighted by Crippen LogP contribution is -2.05. The molecular weight excluding hydrogens is 233 g/mol. The van der Waals surface area contributed by atoms with Gasteiger partial charge in [0.2, 0.25) is 5.76 Å². The lowest BCUT2D eigenvalue weighted by atomic mass is 10.1. The van der Waals surface area contributed by atoms with Crippen molar-refractivity contribution >= 4 is 6.29 Å². The molecule has 0 amide bonds. The largest absolute Gasteiger partial charge is 0.451 e. The van der Waals surface area contributed by atoms with Crippen LogP contribution in [0.25, 0.3) is 11.3 Å². The van der Waals surface area contributed by atoms with Crippen molar-refractivity contribution in [3.05, 3.63) is 47.7 Å². The van der Waals surface area contributed by atoms with Gasteiger partial charge in [0.25, 0.3) is 0 Å². The van der Waals surface area contributed by atoms with Crippen LogP contribution in [0.4, 0.5) is 13.2 Å². The Balaban J connectivity index is 2.53. The van der Waals surface area contributed by atoms with E-state index < -0.39 is 17.5 Å². The molecule has 0 saturated heterocycles. The highest BCUT2D eigenvalue weighted by Crippen LogP contribution is 2.36. The third-order valence-corrected chi connectivity index (χ3v) is 2.20. The first-order chi connectivity index (χ1) is 8.02. The molecule has 1 aromatic heterocycles. The maximum atomic E-state index is 12.5. The molecule has 2 aromatic rings.